The minimum atomic E-state index is -4.51. The Morgan fingerprint density at radius 1 is 1.12 bits per heavy atom. The smallest absolute Gasteiger partial charge is 0.258 e. The molecule has 2 aromatic carbocycles. The summed E-state index contributed by atoms with van der Waals surface area (Å²) in [6.45, 7) is 1.42. The second-order valence-corrected chi connectivity index (χ2v) is 7.19. The van der Waals surface area contributed by atoms with Crippen LogP contribution in [-0.4, -0.2) is 24.7 Å². The lowest BCUT2D eigenvalue weighted by Crippen LogP contribution is -2.30. The van der Waals surface area contributed by atoms with Gasteiger partial charge in [-0.1, -0.05) is 12.1 Å². The van der Waals surface area contributed by atoms with Crippen LogP contribution in [0.2, 0.25) is 0 Å². The van der Waals surface area contributed by atoms with Crippen LogP contribution in [0.25, 0.3) is 0 Å². The quantitative estimate of drug-likeness (QED) is 0.456. The largest absolute Gasteiger partial charge is 0.269 e. The predicted octanol–water partition coefficient (Wildman–Crippen LogP) is 3.39. The first-order valence-corrected chi connectivity index (χ1v) is 8.37. The van der Waals surface area contributed by atoms with Crippen LogP contribution in [0.4, 0.5) is 18.9 Å². The molecule has 0 aliphatic heterocycles. The molecule has 134 valence electrons. The third-order valence-electron chi connectivity index (χ3n) is 3.77. The van der Waals surface area contributed by atoms with Crippen molar-refractivity contribution in [3.63, 3.8) is 0 Å². The molecule has 0 radical (unpaired) electrons. The van der Waals surface area contributed by atoms with E-state index in [1.807, 2.05) is 0 Å². The van der Waals surface area contributed by atoms with Crippen LogP contribution in [0, 0.1) is 27.6 Å². The maximum atomic E-state index is 13.8. The standard InChI is InChI=1S/C15H13F3N2O4S/c1-9(10-4-3-5-11(8-10)20(21)22)19(2)25(23,24)13-7-6-12(16)14(17)15(13)18/h3-9H,1-2H3. The Morgan fingerprint density at radius 3 is 2.36 bits per heavy atom. The Labute approximate surface area is 141 Å². The molecule has 10 heteroatoms. The number of nitrogens with zero attached hydrogens (tertiary/aromatic N) is 2. The fraction of sp³-hybridized carbons (Fsp3) is 0.200. The first-order chi connectivity index (χ1) is 11.6. The van der Waals surface area contributed by atoms with Crippen molar-refractivity contribution in [2.24, 2.45) is 0 Å². The molecule has 2 rings (SSSR count). The molecule has 1 atom stereocenters. The van der Waals surface area contributed by atoms with Gasteiger partial charge < -0.3 is 0 Å². The summed E-state index contributed by atoms with van der Waals surface area (Å²) in [6, 6.07) is 5.47. The van der Waals surface area contributed by atoms with Crippen LogP contribution in [-0.2, 0) is 10.0 Å². The molecule has 2 aromatic rings. The third-order valence-corrected chi connectivity index (χ3v) is 5.71. The van der Waals surface area contributed by atoms with Crippen LogP contribution < -0.4 is 0 Å². The van der Waals surface area contributed by atoms with Gasteiger partial charge in [0, 0.05) is 25.2 Å². The van der Waals surface area contributed by atoms with Gasteiger partial charge in [0.1, 0.15) is 4.90 Å². The molecule has 0 aromatic heterocycles. The highest BCUT2D eigenvalue weighted by atomic mass is 32.2. The molecule has 0 N–H and O–H groups in total. The predicted molar refractivity (Wildman–Crippen MR) is 82.8 cm³/mol. The molecule has 0 aliphatic rings. The van der Waals surface area contributed by atoms with Crippen molar-refractivity contribution in [2.75, 3.05) is 7.05 Å². The molecule has 1 unspecified atom stereocenters. The summed E-state index contributed by atoms with van der Waals surface area (Å²) in [7, 11) is -3.40. The van der Waals surface area contributed by atoms with E-state index in [0.717, 1.165) is 11.4 Å². The minimum Gasteiger partial charge on any atom is -0.258 e. The number of non-ortho nitro benzene ring substituents is 1. The summed E-state index contributed by atoms with van der Waals surface area (Å²) >= 11 is 0. The Balaban J connectivity index is 2.45. The van der Waals surface area contributed by atoms with E-state index in [0.29, 0.717) is 12.1 Å². The average molecular weight is 374 g/mol. The molecule has 0 spiro atoms. The molecule has 0 fully saturated rings. The lowest BCUT2D eigenvalue weighted by molar-refractivity contribution is -0.384. The van der Waals surface area contributed by atoms with E-state index in [1.165, 1.54) is 31.2 Å². The maximum Gasteiger partial charge on any atom is 0.269 e. The normalized spacial score (nSPS) is 13.0. The van der Waals surface area contributed by atoms with Gasteiger partial charge >= 0.3 is 0 Å². The van der Waals surface area contributed by atoms with Gasteiger partial charge in [0.05, 0.1) is 4.92 Å². The lowest BCUT2D eigenvalue weighted by Gasteiger charge is -2.24. The van der Waals surface area contributed by atoms with Gasteiger partial charge in [0.15, 0.2) is 17.5 Å². The molecule has 0 saturated carbocycles. The van der Waals surface area contributed by atoms with Gasteiger partial charge in [0.25, 0.3) is 5.69 Å². The van der Waals surface area contributed by atoms with Gasteiger partial charge in [-0.25, -0.2) is 21.6 Å². The van der Waals surface area contributed by atoms with E-state index in [1.54, 1.807) is 0 Å². The molecule has 6 nitrogen and oxygen atoms in total. The highest BCUT2D eigenvalue weighted by molar-refractivity contribution is 7.89. The number of sulfonamides is 1. The zero-order chi connectivity index (χ0) is 18.9. The summed E-state index contributed by atoms with van der Waals surface area (Å²) in [5.74, 6) is -5.22. The number of hydrogen-bond acceptors (Lipinski definition) is 4. The van der Waals surface area contributed by atoms with E-state index in [4.69, 9.17) is 0 Å². The minimum absolute atomic E-state index is 0.242. The summed E-state index contributed by atoms with van der Waals surface area (Å²) < 4.78 is 65.9. The van der Waals surface area contributed by atoms with Crippen molar-refractivity contribution in [3.8, 4) is 0 Å². The third kappa shape index (κ3) is 3.49. The number of rotatable bonds is 5. The van der Waals surface area contributed by atoms with E-state index < -0.39 is 43.3 Å². The number of halogens is 3. The second kappa shape index (κ2) is 6.81. The molecular weight excluding hydrogens is 361 g/mol. The van der Waals surface area contributed by atoms with Crippen molar-refractivity contribution in [2.45, 2.75) is 17.9 Å². The van der Waals surface area contributed by atoms with Crippen molar-refractivity contribution in [1.82, 2.24) is 4.31 Å². The van der Waals surface area contributed by atoms with Crippen LogP contribution in [0.3, 0.4) is 0 Å². The second-order valence-electron chi connectivity index (χ2n) is 5.22. The maximum absolute atomic E-state index is 13.8. The first kappa shape index (κ1) is 18.9. The highest BCUT2D eigenvalue weighted by Gasteiger charge is 2.31. The fourth-order valence-electron chi connectivity index (χ4n) is 2.18. The van der Waals surface area contributed by atoms with E-state index in [-0.39, 0.29) is 11.3 Å². The van der Waals surface area contributed by atoms with Gasteiger partial charge in [-0.3, -0.25) is 10.1 Å². The van der Waals surface area contributed by atoms with E-state index in [9.17, 15) is 31.7 Å². The van der Waals surface area contributed by atoms with Crippen molar-refractivity contribution >= 4 is 15.7 Å². The molecular formula is C15H13F3N2O4S. The molecule has 0 bridgehead atoms. The summed E-state index contributed by atoms with van der Waals surface area (Å²) in [6.07, 6.45) is 0. The monoisotopic (exact) mass is 374 g/mol. The van der Waals surface area contributed by atoms with Gasteiger partial charge in [-0.2, -0.15) is 4.31 Å². The van der Waals surface area contributed by atoms with Gasteiger partial charge in [-0.15, -0.1) is 0 Å². The van der Waals surface area contributed by atoms with Crippen molar-refractivity contribution < 1.29 is 26.5 Å². The van der Waals surface area contributed by atoms with Gasteiger partial charge in [0.2, 0.25) is 10.0 Å². The SMILES string of the molecule is CC(c1cccc([N+](=O)[O-])c1)N(C)S(=O)(=O)c1ccc(F)c(F)c1F. The topological polar surface area (TPSA) is 80.5 Å². The summed E-state index contributed by atoms with van der Waals surface area (Å²) in [5.41, 5.74) is 0.0393. The Bertz CT molecular complexity index is 934. The Hall–Kier alpha value is -2.46. The molecule has 0 saturated heterocycles. The van der Waals surface area contributed by atoms with Crippen LogP contribution in [0.5, 0.6) is 0 Å². The highest BCUT2D eigenvalue weighted by Crippen LogP contribution is 2.29. The van der Waals surface area contributed by atoms with Crippen LogP contribution in [0.15, 0.2) is 41.3 Å². The Kier molecular flexibility index (Phi) is 5.14. The fourth-order valence-corrected chi connectivity index (χ4v) is 3.58. The van der Waals surface area contributed by atoms with Gasteiger partial charge in [-0.05, 0) is 24.6 Å². The molecule has 25 heavy (non-hydrogen) atoms. The lowest BCUT2D eigenvalue weighted by atomic mass is 10.1. The van der Waals surface area contributed by atoms with E-state index >= 15 is 0 Å². The first-order valence-electron chi connectivity index (χ1n) is 6.93. The number of hydrogen-bond donors (Lipinski definition) is 0. The number of benzene rings is 2. The molecule has 0 amide bonds. The average Bonchev–Trinajstić information content (AvgIpc) is 2.58. The molecule has 0 aliphatic carbocycles. The zero-order valence-electron chi connectivity index (χ0n) is 13.1. The molecule has 0 heterocycles. The number of nitro groups is 1. The van der Waals surface area contributed by atoms with Crippen LogP contribution in [0.1, 0.15) is 18.5 Å². The van der Waals surface area contributed by atoms with Crippen molar-refractivity contribution in [1.29, 1.82) is 0 Å². The number of nitro benzene ring substituents is 1. The zero-order valence-corrected chi connectivity index (χ0v) is 13.9. The van der Waals surface area contributed by atoms with Crippen LogP contribution >= 0.6 is 0 Å². The summed E-state index contributed by atoms with van der Waals surface area (Å²) in [5, 5.41) is 10.8. The van der Waals surface area contributed by atoms with E-state index in [2.05, 4.69) is 0 Å². The Morgan fingerprint density at radius 2 is 1.76 bits per heavy atom. The summed E-state index contributed by atoms with van der Waals surface area (Å²) in [4.78, 5) is 9.16. The van der Waals surface area contributed by atoms with Crippen molar-refractivity contribution in [3.05, 3.63) is 69.5 Å².